The standard InChI is InChI=1S/C12H12N2O2S2/c1-8-3-2-4-9(5-8)13-10(15)6-17-12-14-11(16)7-18-12/h2-5H,6-7H2,1H3,(H,13,15). The summed E-state index contributed by atoms with van der Waals surface area (Å²) in [6.45, 7) is 1.97. The van der Waals surface area contributed by atoms with Crippen LogP contribution in [0.25, 0.3) is 0 Å². The van der Waals surface area contributed by atoms with E-state index in [0.717, 1.165) is 11.3 Å². The normalized spacial score (nSPS) is 14.5. The van der Waals surface area contributed by atoms with E-state index in [0.29, 0.717) is 10.1 Å². The van der Waals surface area contributed by atoms with Crippen molar-refractivity contribution in [3.05, 3.63) is 29.8 Å². The van der Waals surface area contributed by atoms with Gasteiger partial charge in [0.15, 0.2) is 0 Å². The fourth-order valence-electron chi connectivity index (χ4n) is 1.41. The number of aryl methyl sites for hydroxylation is 1. The number of carbonyl (C=O) groups excluding carboxylic acids is 2. The fraction of sp³-hybridized carbons (Fsp3) is 0.250. The van der Waals surface area contributed by atoms with Gasteiger partial charge in [0.2, 0.25) is 5.91 Å². The van der Waals surface area contributed by atoms with Crippen LogP contribution >= 0.6 is 23.5 Å². The smallest absolute Gasteiger partial charge is 0.257 e. The summed E-state index contributed by atoms with van der Waals surface area (Å²) < 4.78 is 0.680. The average molecular weight is 280 g/mol. The molecule has 2 amide bonds. The minimum Gasteiger partial charge on any atom is -0.325 e. The van der Waals surface area contributed by atoms with E-state index >= 15 is 0 Å². The second-order valence-corrected chi connectivity index (χ2v) is 5.95. The maximum Gasteiger partial charge on any atom is 0.257 e. The van der Waals surface area contributed by atoms with E-state index in [4.69, 9.17) is 0 Å². The fourth-order valence-corrected chi connectivity index (χ4v) is 3.07. The lowest BCUT2D eigenvalue weighted by Crippen LogP contribution is -2.14. The van der Waals surface area contributed by atoms with Gasteiger partial charge >= 0.3 is 0 Å². The summed E-state index contributed by atoms with van der Waals surface area (Å²) >= 11 is 2.68. The molecule has 1 N–H and O–H groups in total. The summed E-state index contributed by atoms with van der Waals surface area (Å²) in [5.74, 6) is 0.448. The van der Waals surface area contributed by atoms with Crippen LogP contribution in [0.5, 0.6) is 0 Å². The monoisotopic (exact) mass is 280 g/mol. The van der Waals surface area contributed by atoms with Gasteiger partial charge in [0.1, 0.15) is 4.38 Å². The number of hydrogen-bond acceptors (Lipinski definition) is 4. The zero-order chi connectivity index (χ0) is 13.0. The van der Waals surface area contributed by atoms with Crippen molar-refractivity contribution >= 4 is 45.4 Å². The molecule has 0 saturated carbocycles. The number of hydrogen-bond donors (Lipinski definition) is 1. The van der Waals surface area contributed by atoms with Gasteiger partial charge < -0.3 is 5.32 Å². The Morgan fingerprint density at radius 1 is 1.56 bits per heavy atom. The Bertz CT molecular complexity index is 515. The Hall–Kier alpha value is -1.27. The van der Waals surface area contributed by atoms with E-state index in [-0.39, 0.29) is 17.6 Å². The molecule has 1 aromatic rings. The molecule has 0 unspecified atom stereocenters. The number of thioether (sulfide) groups is 2. The van der Waals surface area contributed by atoms with Crippen LogP contribution in [0, 0.1) is 6.92 Å². The van der Waals surface area contributed by atoms with Crippen LogP contribution in [0.4, 0.5) is 5.69 Å². The van der Waals surface area contributed by atoms with Crippen molar-refractivity contribution in [2.75, 3.05) is 16.8 Å². The van der Waals surface area contributed by atoms with E-state index in [2.05, 4.69) is 10.3 Å². The predicted octanol–water partition coefficient (Wildman–Crippen LogP) is 2.30. The molecule has 18 heavy (non-hydrogen) atoms. The number of nitrogens with one attached hydrogen (secondary N) is 1. The zero-order valence-corrected chi connectivity index (χ0v) is 11.4. The Labute approximate surface area is 114 Å². The molecule has 1 heterocycles. The first-order chi connectivity index (χ1) is 8.63. The molecule has 1 aliphatic rings. The molecule has 0 aliphatic carbocycles. The largest absolute Gasteiger partial charge is 0.325 e. The molecular weight excluding hydrogens is 268 g/mol. The van der Waals surface area contributed by atoms with Gasteiger partial charge in [-0.25, -0.2) is 0 Å². The number of amides is 2. The van der Waals surface area contributed by atoms with Gasteiger partial charge in [-0.1, -0.05) is 35.7 Å². The molecule has 1 aromatic carbocycles. The summed E-state index contributed by atoms with van der Waals surface area (Å²) in [6, 6.07) is 7.63. The maximum absolute atomic E-state index is 11.7. The first-order valence-electron chi connectivity index (χ1n) is 5.37. The highest BCUT2D eigenvalue weighted by atomic mass is 32.2. The lowest BCUT2D eigenvalue weighted by atomic mass is 10.2. The lowest BCUT2D eigenvalue weighted by molar-refractivity contribution is -0.115. The number of nitrogens with zero attached hydrogens (tertiary/aromatic N) is 1. The molecule has 1 aliphatic heterocycles. The van der Waals surface area contributed by atoms with Gasteiger partial charge in [0.25, 0.3) is 5.91 Å². The molecule has 94 valence electrons. The zero-order valence-electron chi connectivity index (χ0n) is 9.80. The van der Waals surface area contributed by atoms with Gasteiger partial charge in [0.05, 0.1) is 11.5 Å². The van der Waals surface area contributed by atoms with E-state index in [1.165, 1.54) is 23.5 Å². The summed E-state index contributed by atoms with van der Waals surface area (Å²) in [5, 5.41) is 2.81. The third kappa shape index (κ3) is 3.89. The van der Waals surface area contributed by atoms with Crippen LogP contribution in [-0.4, -0.2) is 27.7 Å². The van der Waals surface area contributed by atoms with Crippen LogP contribution in [0.2, 0.25) is 0 Å². The van der Waals surface area contributed by atoms with Crippen molar-refractivity contribution < 1.29 is 9.59 Å². The first-order valence-corrected chi connectivity index (χ1v) is 7.34. The number of aliphatic imine (C=N–C) groups is 1. The van der Waals surface area contributed by atoms with Gasteiger partial charge in [-0.15, -0.1) is 0 Å². The Morgan fingerprint density at radius 2 is 2.39 bits per heavy atom. The number of carbonyl (C=O) groups is 2. The molecule has 0 spiro atoms. The van der Waals surface area contributed by atoms with Crippen molar-refractivity contribution in [1.29, 1.82) is 0 Å². The summed E-state index contributed by atoms with van der Waals surface area (Å²) in [5.41, 5.74) is 1.89. The second-order valence-electron chi connectivity index (χ2n) is 3.77. The Kier molecular flexibility index (Phi) is 4.43. The molecule has 0 aromatic heterocycles. The molecule has 0 saturated heterocycles. The van der Waals surface area contributed by atoms with Crippen molar-refractivity contribution in [2.24, 2.45) is 4.99 Å². The quantitative estimate of drug-likeness (QED) is 0.923. The van der Waals surface area contributed by atoms with Crippen LogP contribution in [-0.2, 0) is 9.59 Å². The van der Waals surface area contributed by atoms with Crippen molar-refractivity contribution in [3.8, 4) is 0 Å². The highest BCUT2D eigenvalue weighted by Crippen LogP contribution is 2.23. The molecule has 4 nitrogen and oxygen atoms in total. The van der Waals surface area contributed by atoms with Crippen molar-refractivity contribution in [2.45, 2.75) is 6.92 Å². The average Bonchev–Trinajstić information content (AvgIpc) is 2.73. The topological polar surface area (TPSA) is 58.5 Å². The molecular formula is C12H12N2O2S2. The first kappa shape index (κ1) is 13.2. The van der Waals surface area contributed by atoms with Crippen LogP contribution in [0.1, 0.15) is 5.56 Å². The minimum absolute atomic E-state index is 0.0896. The molecule has 0 fully saturated rings. The summed E-state index contributed by atoms with van der Waals surface area (Å²) in [7, 11) is 0. The number of rotatable bonds is 3. The highest BCUT2D eigenvalue weighted by Gasteiger charge is 2.16. The van der Waals surface area contributed by atoms with Crippen LogP contribution < -0.4 is 5.32 Å². The second kappa shape index (κ2) is 6.06. The van der Waals surface area contributed by atoms with Crippen LogP contribution in [0.3, 0.4) is 0 Å². The minimum atomic E-state index is -0.124. The van der Waals surface area contributed by atoms with Gasteiger partial charge in [-0.2, -0.15) is 4.99 Å². The number of benzene rings is 1. The van der Waals surface area contributed by atoms with Gasteiger partial charge in [-0.05, 0) is 24.6 Å². The van der Waals surface area contributed by atoms with E-state index in [9.17, 15) is 9.59 Å². The molecule has 0 radical (unpaired) electrons. The SMILES string of the molecule is Cc1cccc(NC(=O)CSC2=NC(=O)CS2)c1. The Balaban J connectivity index is 1.82. The third-order valence-corrected chi connectivity index (χ3v) is 4.35. The Morgan fingerprint density at radius 3 is 3.06 bits per heavy atom. The summed E-state index contributed by atoms with van der Waals surface area (Å²) in [4.78, 5) is 26.4. The number of anilines is 1. The van der Waals surface area contributed by atoms with Crippen LogP contribution in [0.15, 0.2) is 29.3 Å². The van der Waals surface area contributed by atoms with Crippen molar-refractivity contribution in [1.82, 2.24) is 0 Å². The highest BCUT2D eigenvalue weighted by molar-refractivity contribution is 8.39. The van der Waals surface area contributed by atoms with E-state index in [1.807, 2.05) is 31.2 Å². The molecule has 0 atom stereocenters. The van der Waals surface area contributed by atoms with Gasteiger partial charge in [0, 0.05) is 5.69 Å². The van der Waals surface area contributed by atoms with Gasteiger partial charge in [-0.3, -0.25) is 9.59 Å². The molecule has 2 rings (SSSR count). The van der Waals surface area contributed by atoms with Crippen molar-refractivity contribution in [3.63, 3.8) is 0 Å². The molecule has 6 heteroatoms. The lowest BCUT2D eigenvalue weighted by Gasteiger charge is -2.05. The maximum atomic E-state index is 11.7. The summed E-state index contributed by atoms with van der Waals surface area (Å²) in [6.07, 6.45) is 0. The van der Waals surface area contributed by atoms with E-state index < -0.39 is 0 Å². The predicted molar refractivity (Wildman–Crippen MR) is 77.2 cm³/mol. The van der Waals surface area contributed by atoms with E-state index in [1.54, 1.807) is 0 Å². The molecule has 0 bridgehead atoms. The third-order valence-electron chi connectivity index (χ3n) is 2.16.